The Labute approximate surface area is 171 Å². The van der Waals surface area contributed by atoms with Crippen LogP contribution < -0.4 is 19.2 Å². The van der Waals surface area contributed by atoms with Crippen LogP contribution in [0.25, 0.3) is 0 Å². The fourth-order valence-corrected chi connectivity index (χ4v) is 3.34. The number of ether oxygens (including phenoxy) is 2. The Kier molecular flexibility index (Phi) is 8.02. The van der Waals surface area contributed by atoms with Crippen LogP contribution in [-0.2, 0) is 14.8 Å². The second-order valence-electron chi connectivity index (χ2n) is 5.97. The molecule has 0 fully saturated rings. The largest absolute Gasteiger partial charge is 0.490 e. The van der Waals surface area contributed by atoms with E-state index in [-0.39, 0.29) is 6.54 Å². The summed E-state index contributed by atoms with van der Waals surface area (Å²) in [5.41, 5.74) is 3.45. The molecular weight excluding hydrogens is 394 g/mol. The number of hydrazone groups is 1. The number of carbonyl (C=O) groups excluding carboxylic acids is 1. The first-order valence-corrected chi connectivity index (χ1v) is 10.9. The number of hydrogen-bond donors (Lipinski definition) is 1. The van der Waals surface area contributed by atoms with Gasteiger partial charge < -0.3 is 9.47 Å². The Morgan fingerprint density at radius 1 is 1.07 bits per heavy atom. The van der Waals surface area contributed by atoms with Gasteiger partial charge in [-0.3, -0.25) is 9.10 Å². The number of para-hydroxylation sites is 1. The van der Waals surface area contributed by atoms with Crippen LogP contribution in [0.3, 0.4) is 0 Å². The maximum atomic E-state index is 12.2. The van der Waals surface area contributed by atoms with E-state index in [4.69, 9.17) is 9.47 Å². The summed E-state index contributed by atoms with van der Waals surface area (Å²) in [6.07, 6.45) is 2.50. The van der Waals surface area contributed by atoms with Crippen LogP contribution in [0.4, 0.5) is 5.69 Å². The molecule has 2 aromatic rings. The molecular formula is C20H25N3O5S. The highest BCUT2D eigenvalue weighted by Gasteiger charge is 2.20. The molecule has 0 saturated heterocycles. The van der Waals surface area contributed by atoms with Gasteiger partial charge in [-0.05, 0) is 49.7 Å². The van der Waals surface area contributed by atoms with Crippen molar-refractivity contribution in [1.29, 1.82) is 0 Å². The van der Waals surface area contributed by atoms with Crippen molar-refractivity contribution >= 4 is 27.8 Å². The predicted molar refractivity (Wildman–Crippen MR) is 113 cm³/mol. The van der Waals surface area contributed by atoms with E-state index in [0.717, 1.165) is 10.6 Å². The van der Waals surface area contributed by atoms with E-state index in [2.05, 4.69) is 10.5 Å². The Bertz CT molecular complexity index is 946. The van der Waals surface area contributed by atoms with Gasteiger partial charge in [0, 0.05) is 0 Å². The smallest absolute Gasteiger partial charge is 0.260 e. The summed E-state index contributed by atoms with van der Waals surface area (Å²) in [7, 11) is -3.62. The molecule has 0 aliphatic carbocycles. The van der Waals surface area contributed by atoms with Crippen LogP contribution in [0, 0.1) is 0 Å². The third-order valence-electron chi connectivity index (χ3n) is 3.70. The average molecular weight is 420 g/mol. The molecule has 1 N–H and O–H groups in total. The van der Waals surface area contributed by atoms with Crippen LogP contribution in [0.15, 0.2) is 53.6 Å². The summed E-state index contributed by atoms with van der Waals surface area (Å²) in [5.74, 6) is 0.644. The number of benzene rings is 2. The lowest BCUT2D eigenvalue weighted by atomic mass is 10.2. The molecule has 0 aliphatic rings. The number of anilines is 1. The number of rotatable bonds is 10. The number of nitrogens with one attached hydrogen (secondary N) is 1. The topological polar surface area (TPSA) is 97.3 Å². The van der Waals surface area contributed by atoms with Gasteiger partial charge >= 0.3 is 0 Å². The van der Waals surface area contributed by atoms with Crippen molar-refractivity contribution in [3.05, 3.63) is 54.1 Å². The van der Waals surface area contributed by atoms with E-state index in [0.29, 0.717) is 36.0 Å². The lowest BCUT2D eigenvalue weighted by molar-refractivity contribution is -0.119. The van der Waals surface area contributed by atoms with E-state index in [9.17, 15) is 13.2 Å². The maximum Gasteiger partial charge on any atom is 0.260 e. The number of amides is 1. The number of nitrogens with zero attached hydrogens (tertiary/aromatic N) is 2. The maximum absolute atomic E-state index is 12.2. The van der Waals surface area contributed by atoms with Crippen LogP contribution in [0.5, 0.6) is 11.5 Å². The molecule has 0 heterocycles. The van der Waals surface area contributed by atoms with Crippen molar-refractivity contribution in [2.24, 2.45) is 5.10 Å². The van der Waals surface area contributed by atoms with E-state index < -0.39 is 15.9 Å². The molecule has 0 spiro atoms. The molecule has 0 bridgehead atoms. The van der Waals surface area contributed by atoms with Crippen LogP contribution in [0.2, 0.25) is 0 Å². The summed E-state index contributed by atoms with van der Waals surface area (Å²) in [6.45, 7) is 4.38. The first-order chi connectivity index (χ1) is 13.8. The lowest BCUT2D eigenvalue weighted by Crippen LogP contribution is -2.38. The second-order valence-corrected chi connectivity index (χ2v) is 7.88. The van der Waals surface area contributed by atoms with E-state index in [1.165, 1.54) is 6.21 Å². The van der Waals surface area contributed by atoms with E-state index in [1.807, 2.05) is 13.8 Å². The average Bonchev–Trinajstić information content (AvgIpc) is 2.68. The third-order valence-corrected chi connectivity index (χ3v) is 4.84. The van der Waals surface area contributed by atoms with Crippen LogP contribution in [-0.4, -0.2) is 46.6 Å². The predicted octanol–water partition coefficient (Wildman–Crippen LogP) is 2.40. The molecule has 0 aliphatic heterocycles. The highest BCUT2D eigenvalue weighted by Crippen LogP contribution is 2.28. The van der Waals surface area contributed by atoms with Crippen LogP contribution >= 0.6 is 0 Å². The van der Waals surface area contributed by atoms with Gasteiger partial charge in [0.05, 0.1) is 31.4 Å². The first-order valence-electron chi connectivity index (χ1n) is 9.09. The van der Waals surface area contributed by atoms with Gasteiger partial charge in [0.25, 0.3) is 5.91 Å². The van der Waals surface area contributed by atoms with Gasteiger partial charge in [0.1, 0.15) is 6.54 Å². The summed E-state index contributed by atoms with van der Waals surface area (Å²) >= 11 is 0. The monoisotopic (exact) mass is 419 g/mol. The fraction of sp³-hybridized carbons (Fsp3) is 0.300. The Morgan fingerprint density at radius 2 is 1.72 bits per heavy atom. The van der Waals surface area contributed by atoms with Crippen molar-refractivity contribution in [2.75, 3.05) is 30.3 Å². The fourth-order valence-electron chi connectivity index (χ4n) is 2.49. The zero-order chi connectivity index (χ0) is 21.3. The first kappa shape index (κ1) is 22.2. The number of carbonyl (C=O) groups is 1. The highest BCUT2D eigenvalue weighted by atomic mass is 32.2. The Morgan fingerprint density at radius 3 is 2.34 bits per heavy atom. The molecule has 156 valence electrons. The second kappa shape index (κ2) is 10.5. The third kappa shape index (κ3) is 6.79. The van der Waals surface area contributed by atoms with Gasteiger partial charge in [-0.15, -0.1) is 0 Å². The number of sulfonamides is 1. The SMILES string of the molecule is CCOc1ccc(/C=N\NC(=O)CN(c2ccccc2)S(C)(=O)=O)cc1OCC. The molecule has 0 atom stereocenters. The minimum absolute atomic E-state index is 0.381. The molecule has 0 unspecified atom stereocenters. The molecule has 9 heteroatoms. The summed E-state index contributed by atoms with van der Waals surface area (Å²) in [4.78, 5) is 12.2. The summed E-state index contributed by atoms with van der Waals surface area (Å²) in [6, 6.07) is 13.7. The quantitative estimate of drug-likeness (QED) is 0.471. The van der Waals surface area contributed by atoms with Crippen molar-refractivity contribution in [3.8, 4) is 11.5 Å². The molecule has 0 aromatic heterocycles. The zero-order valence-corrected chi connectivity index (χ0v) is 17.5. The van der Waals surface area contributed by atoms with E-state index in [1.54, 1.807) is 48.5 Å². The normalized spacial score (nSPS) is 11.3. The lowest BCUT2D eigenvalue weighted by Gasteiger charge is -2.21. The molecule has 2 aromatic carbocycles. The van der Waals surface area contributed by atoms with Crippen molar-refractivity contribution in [2.45, 2.75) is 13.8 Å². The van der Waals surface area contributed by atoms with Gasteiger partial charge in [-0.25, -0.2) is 13.8 Å². The van der Waals surface area contributed by atoms with Crippen molar-refractivity contribution < 1.29 is 22.7 Å². The minimum Gasteiger partial charge on any atom is -0.490 e. The molecule has 2 rings (SSSR count). The Hall–Kier alpha value is -3.07. The molecule has 29 heavy (non-hydrogen) atoms. The van der Waals surface area contributed by atoms with Gasteiger partial charge in [-0.2, -0.15) is 5.10 Å². The van der Waals surface area contributed by atoms with Crippen molar-refractivity contribution in [1.82, 2.24) is 5.43 Å². The minimum atomic E-state index is -3.62. The van der Waals surface area contributed by atoms with Crippen LogP contribution in [0.1, 0.15) is 19.4 Å². The summed E-state index contributed by atoms with van der Waals surface area (Å²) in [5, 5.41) is 3.90. The van der Waals surface area contributed by atoms with E-state index >= 15 is 0 Å². The summed E-state index contributed by atoms with van der Waals surface area (Å²) < 4.78 is 36.1. The molecule has 1 amide bonds. The standard InChI is InChI=1S/C20H25N3O5S/c1-4-27-18-12-11-16(13-19(18)28-5-2)14-21-22-20(24)15-23(29(3,25)26)17-9-7-6-8-10-17/h6-14H,4-5,15H2,1-3H3,(H,22,24)/b21-14-. The van der Waals surface area contributed by atoms with Gasteiger partial charge in [-0.1, -0.05) is 18.2 Å². The molecule has 0 saturated carbocycles. The van der Waals surface area contributed by atoms with Gasteiger partial charge in [0.2, 0.25) is 10.0 Å². The number of hydrogen-bond acceptors (Lipinski definition) is 6. The highest BCUT2D eigenvalue weighted by molar-refractivity contribution is 7.92. The van der Waals surface area contributed by atoms with Crippen molar-refractivity contribution in [3.63, 3.8) is 0 Å². The zero-order valence-electron chi connectivity index (χ0n) is 16.7. The molecule has 8 nitrogen and oxygen atoms in total. The van der Waals surface area contributed by atoms with Gasteiger partial charge in [0.15, 0.2) is 11.5 Å². The Balaban J connectivity index is 2.05. The molecule has 0 radical (unpaired) electrons.